The molecule has 0 aromatic carbocycles. The second-order valence-corrected chi connectivity index (χ2v) is 5.71. The molecule has 104 valence electrons. The highest BCUT2D eigenvalue weighted by Gasteiger charge is 2.17. The molecule has 1 aliphatic heterocycles. The van der Waals surface area contributed by atoms with Crippen molar-refractivity contribution in [2.75, 3.05) is 20.1 Å². The third-order valence-electron chi connectivity index (χ3n) is 3.41. The first-order chi connectivity index (χ1) is 9.10. The molecule has 1 aromatic rings. The molecule has 1 aliphatic rings. The highest BCUT2D eigenvalue weighted by atomic mass is 79.9. The standard InChI is InChI=1S/C13H20BrN5/c1-9-3-4-11(17-12(9)14)13(18-15)16-10-5-7-19(2)8-6-10/h3-4,10H,5-8,15H2,1-2H3,(H,16,18). The van der Waals surface area contributed by atoms with Gasteiger partial charge in [-0.15, -0.1) is 0 Å². The van der Waals surface area contributed by atoms with Crippen molar-refractivity contribution in [1.82, 2.24) is 15.3 Å². The number of aryl methyl sites for hydroxylation is 1. The lowest BCUT2D eigenvalue weighted by molar-refractivity contribution is 0.257. The Kier molecular flexibility index (Phi) is 4.90. The van der Waals surface area contributed by atoms with Crippen LogP contribution in [0.2, 0.25) is 0 Å². The number of likely N-dealkylation sites (tertiary alicyclic amines) is 1. The quantitative estimate of drug-likeness (QED) is 0.284. The van der Waals surface area contributed by atoms with E-state index in [1.807, 2.05) is 19.1 Å². The van der Waals surface area contributed by atoms with E-state index in [1.165, 1.54) is 0 Å². The molecule has 0 aliphatic carbocycles. The van der Waals surface area contributed by atoms with Gasteiger partial charge in [0.25, 0.3) is 0 Å². The maximum absolute atomic E-state index is 5.59. The Morgan fingerprint density at radius 3 is 2.74 bits per heavy atom. The summed E-state index contributed by atoms with van der Waals surface area (Å²) in [5, 5.41) is 0. The van der Waals surface area contributed by atoms with E-state index in [9.17, 15) is 0 Å². The van der Waals surface area contributed by atoms with Crippen molar-refractivity contribution in [2.24, 2.45) is 10.8 Å². The van der Waals surface area contributed by atoms with Crippen molar-refractivity contribution in [3.05, 3.63) is 28.0 Å². The molecule has 1 saturated heterocycles. The molecule has 0 amide bonds. The minimum atomic E-state index is 0.323. The number of nitrogens with zero attached hydrogens (tertiary/aromatic N) is 3. The van der Waals surface area contributed by atoms with E-state index >= 15 is 0 Å². The number of pyridine rings is 1. The van der Waals surface area contributed by atoms with Crippen LogP contribution in [0.1, 0.15) is 24.1 Å². The number of amidine groups is 1. The first-order valence-electron chi connectivity index (χ1n) is 6.46. The first kappa shape index (κ1) is 14.4. The first-order valence-corrected chi connectivity index (χ1v) is 7.26. The Morgan fingerprint density at radius 2 is 2.16 bits per heavy atom. The van der Waals surface area contributed by atoms with Gasteiger partial charge in [0, 0.05) is 0 Å². The fraction of sp³-hybridized carbons (Fsp3) is 0.538. The van der Waals surface area contributed by atoms with Crippen LogP contribution in [0.4, 0.5) is 0 Å². The third kappa shape index (κ3) is 3.75. The lowest BCUT2D eigenvalue weighted by atomic mass is 10.1. The summed E-state index contributed by atoms with van der Waals surface area (Å²) in [6.07, 6.45) is 2.13. The van der Waals surface area contributed by atoms with Crippen molar-refractivity contribution in [2.45, 2.75) is 25.8 Å². The zero-order valence-corrected chi connectivity index (χ0v) is 12.9. The summed E-state index contributed by atoms with van der Waals surface area (Å²) in [6, 6.07) is 4.27. The fourth-order valence-electron chi connectivity index (χ4n) is 2.12. The predicted octanol–water partition coefficient (Wildman–Crippen LogP) is 1.46. The highest BCUT2D eigenvalue weighted by molar-refractivity contribution is 9.10. The van der Waals surface area contributed by atoms with Gasteiger partial charge in [-0.05, 0) is 67.5 Å². The van der Waals surface area contributed by atoms with E-state index in [1.54, 1.807) is 0 Å². The summed E-state index contributed by atoms with van der Waals surface area (Å²) < 4.78 is 0.830. The van der Waals surface area contributed by atoms with Gasteiger partial charge in [0.1, 0.15) is 10.3 Å². The average Bonchev–Trinajstić information content (AvgIpc) is 2.41. The van der Waals surface area contributed by atoms with Crippen LogP contribution >= 0.6 is 15.9 Å². The smallest absolute Gasteiger partial charge is 0.161 e. The van der Waals surface area contributed by atoms with Gasteiger partial charge in [-0.2, -0.15) is 0 Å². The maximum Gasteiger partial charge on any atom is 0.161 e. The van der Waals surface area contributed by atoms with E-state index in [4.69, 9.17) is 10.8 Å². The van der Waals surface area contributed by atoms with Crippen LogP contribution in [-0.2, 0) is 0 Å². The highest BCUT2D eigenvalue weighted by Crippen LogP contribution is 2.15. The number of halogens is 1. The number of hydrazine groups is 1. The van der Waals surface area contributed by atoms with Crippen molar-refractivity contribution >= 4 is 21.8 Å². The van der Waals surface area contributed by atoms with Crippen LogP contribution in [-0.4, -0.2) is 41.9 Å². The van der Waals surface area contributed by atoms with Crippen LogP contribution in [0.5, 0.6) is 0 Å². The van der Waals surface area contributed by atoms with Crippen LogP contribution in [0.25, 0.3) is 0 Å². The number of nitrogens with two attached hydrogens (primary N) is 1. The second kappa shape index (κ2) is 6.45. The van der Waals surface area contributed by atoms with E-state index in [0.29, 0.717) is 11.9 Å². The zero-order valence-electron chi connectivity index (χ0n) is 11.4. The molecule has 2 heterocycles. The normalized spacial score (nSPS) is 18.6. The Labute approximate surface area is 122 Å². The minimum absolute atomic E-state index is 0.323. The molecule has 1 aromatic heterocycles. The molecule has 3 N–H and O–H groups in total. The van der Waals surface area contributed by atoms with E-state index < -0.39 is 0 Å². The third-order valence-corrected chi connectivity index (χ3v) is 4.22. The molecule has 6 heteroatoms. The van der Waals surface area contributed by atoms with E-state index in [0.717, 1.165) is 41.8 Å². The van der Waals surface area contributed by atoms with Gasteiger partial charge in [-0.25, -0.2) is 10.8 Å². The molecule has 0 radical (unpaired) electrons. The van der Waals surface area contributed by atoms with Gasteiger partial charge in [0.05, 0.1) is 6.04 Å². The molecule has 0 unspecified atom stereocenters. The van der Waals surface area contributed by atoms with Crippen LogP contribution in [0, 0.1) is 6.92 Å². The number of aliphatic imine (C=N–C) groups is 1. The molecule has 5 nitrogen and oxygen atoms in total. The number of aromatic nitrogens is 1. The van der Waals surface area contributed by atoms with Gasteiger partial charge in [0.15, 0.2) is 5.84 Å². The molecular weight excluding hydrogens is 306 g/mol. The number of hydrogen-bond donors (Lipinski definition) is 2. The van der Waals surface area contributed by atoms with Crippen molar-refractivity contribution in [3.63, 3.8) is 0 Å². The number of hydrogen-bond acceptors (Lipinski definition) is 4. The molecule has 0 saturated carbocycles. The van der Waals surface area contributed by atoms with Crippen molar-refractivity contribution in [1.29, 1.82) is 0 Å². The van der Waals surface area contributed by atoms with Gasteiger partial charge in [0.2, 0.25) is 0 Å². The van der Waals surface area contributed by atoms with E-state index in [-0.39, 0.29) is 0 Å². The molecule has 19 heavy (non-hydrogen) atoms. The summed E-state index contributed by atoms with van der Waals surface area (Å²) >= 11 is 3.44. The molecule has 0 spiro atoms. The van der Waals surface area contributed by atoms with Gasteiger partial charge >= 0.3 is 0 Å². The van der Waals surface area contributed by atoms with Crippen molar-refractivity contribution < 1.29 is 0 Å². The molecule has 0 bridgehead atoms. The van der Waals surface area contributed by atoms with Crippen LogP contribution < -0.4 is 11.3 Å². The molecule has 0 atom stereocenters. The van der Waals surface area contributed by atoms with Gasteiger partial charge in [-0.1, -0.05) is 6.07 Å². The van der Waals surface area contributed by atoms with Crippen molar-refractivity contribution in [3.8, 4) is 0 Å². The van der Waals surface area contributed by atoms with Gasteiger partial charge < -0.3 is 10.3 Å². The number of rotatable bonds is 2. The number of nitrogens with one attached hydrogen (secondary N) is 1. The number of piperidine rings is 1. The summed E-state index contributed by atoms with van der Waals surface area (Å²) in [5.74, 6) is 6.25. The Balaban J connectivity index is 2.16. The summed E-state index contributed by atoms with van der Waals surface area (Å²) in [5.41, 5.74) is 4.55. The zero-order chi connectivity index (χ0) is 13.8. The Bertz CT molecular complexity index is 466. The topological polar surface area (TPSA) is 66.5 Å². The van der Waals surface area contributed by atoms with Crippen LogP contribution in [0.15, 0.2) is 21.7 Å². The lowest BCUT2D eigenvalue weighted by Gasteiger charge is -2.27. The predicted molar refractivity (Wildman–Crippen MR) is 81.1 cm³/mol. The Hall–Kier alpha value is -0.980. The molecule has 1 fully saturated rings. The molecular formula is C13H20BrN5. The van der Waals surface area contributed by atoms with Crippen LogP contribution in [0.3, 0.4) is 0 Å². The van der Waals surface area contributed by atoms with Gasteiger partial charge in [-0.3, -0.25) is 4.99 Å². The summed E-state index contributed by atoms with van der Waals surface area (Å²) in [4.78, 5) is 11.5. The molecule has 2 rings (SSSR count). The monoisotopic (exact) mass is 325 g/mol. The maximum atomic E-state index is 5.59. The largest absolute Gasteiger partial charge is 0.307 e. The average molecular weight is 326 g/mol. The fourth-order valence-corrected chi connectivity index (χ4v) is 2.44. The SMILES string of the molecule is Cc1ccc(C(=NC2CCN(C)CC2)NN)nc1Br. The van der Waals surface area contributed by atoms with E-state index in [2.05, 4.69) is 38.3 Å². The summed E-state index contributed by atoms with van der Waals surface area (Å²) in [6.45, 7) is 4.17. The Morgan fingerprint density at radius 1 is 1.47 bits per heavy atom. The lowest BCUT2D eigenvalue weighted by Crippen LogP contribution is -2.36. The summed E-state index contributed by atoms with van der Waals surface area (Å²) in [7, 11) is 2.14. The second-order valence-electron chi connectivity index (χ2n) is 4.96. The minimum Gasteiger partial charge on any atom is -0.307 e.